The van der Waals surface area contributed by atoms with Gasteiger partial charge in [-0.1, -0.05) is 127 Å². The topological polar surface area (TPSA) is 43.9 Å². The number of hydrogen-bond donors (Lipinski definition) is 0. The summed E-state index contributed by atoms with van der Waals surface area (Å²) in [6.45, 7) is 0. The van der Waals surface area contributed by atoms with Crippen LogP contribution in [-0.4, -0.2) is 14.5 Å². The molecule has 10 rings (SSSR count). The second kappa shape index (κ2) is 10.5. The van der Waals surface area contributed by atoms with Crippen molar-refractivity contribution in [3.05, 3.63) is 164 Å². The molecule has 0 saturated heterocycles. The molecule has 224 valence electrons. The van der Waals surface area contributed by atoms with Crippen molar-refractivity contribution >= 4 is 54.5 Å². The molecule has 0 spiro atoms. The Balaban J connectivity index is 1.20. The SMILES string of the molecule is c1ccc(-c2cc(-c3ccc(-n4c5ccccc5c5ccc6ccc7c8ccccc8oc7c6c54)cc3)nc(-c3ccccc3)n2)cc1. The zero-order valence-corrected chi connectivity index (χ0v) is 25.8. The number of aromatic nitrogens is 3. The van der Waals surface area contributed by atoms with Crippen molar-refractivity contribution in [2.45, 2.75) is 0 Å². The lowest BCUT2D eigenvalue weighted by molar-refractivity contribution is 0.673. The molecule has 0 unspecified atom stereocenters. The molecule has 0 amide bonds. The van der Waals surface area contributed by atoms with Gasteiger partial charge in [0, 0.05) is 49.3 Å². The number of hydrogen-bond acceptors (Lipinski definition) is 3. The minimum Gasteiger partial charge on any atom is -0.455 e. The van der Waals surface area contributed by atoms with Gasteiger partial charge >= 0.3 is 0 Å². The van der Waals surface area contributed by atoms with Crippen LogP contribution in [-0.2, 0) is 0 Å². The van der Waals surface area contributed by atoms with Crippen molar-refractivity contribution < 1.29 is 4.42 Å². The van der Waals surface area contributed by atoms with Crippen LogP contribution in [0.4, 0.5) is 0 Å². The van der Waals surface area contributed by atoms with Crippen LogP contribution < -0.4 is 0 Å². The van der Waals surface area contributed by atoms with Crippen molar-refractivity contribution in [3.8, 4) is 39.6 Å². The van der Waals surface area contributed by atoms with E-state index in [-0.39, 0.29) is 0 Å². The Hall–Kier alpha value is -6.52. The number of nitrogens with zero attached hydrogens (tertiary/aromatic N) is 3. The van der Waals surface area contributed by atoms with Gasteiger partial charge in [0.2, 0.25) is 0 Å². The summed E-state index contributed by atoms with van der Waals surface area (Å²) < 4.78 is 8.99. The number of furan rings is 1. The summed E-state index contributed by atoms with van der Waals surface area (Å²) in [6, 6.07) is 57.1. The van der Waals surface area contributed by atoms with Gasteiger partial charge in [-0.15, -0.1) is 0 Å². The maximum Gasteiger partial charge on any atom is 0.160 e. The first-order valence-electron chi connectivity index (χ1n) is 16.2. The third kappa shape index (κ3) is 4.10. The molecule has 0 radical (unpaired) electrons. The number of fused-ring (bicyclic) bond motifs is 9. The maximum atomic E-state index is 6.61. The molecule has 0 N–H and O–H groups in total. The molecule has 4 heteroatoms. The van der Waals surface area contributed by atoms with Crippen LogP contribution in [0.3, 0.4) is 0 Å². The van der Waals surface area contributed by atoms with E-state index in [1.165, 1.54) is 10.8 Å². The molecule has 0 aliphatic heterocycles. The third-order valence-corrected chi connectivity index (χ3v) is 9.41. The average molecular weight is 614 g/mol. The maximum absolute atomic E-state index is 6.61. The fourth-order valence-electron chi connectivity index (χ4n) is 7.16. The Morgan fingerprint density at radius 3 is 1.81 bits per heavy atom. The first-order valence-corrected chi connectivity index (χ1v) is 16.2. The van der Waals surface area contributed by atoms with Crippen molar-refractivity contribution in [2.24, 2.45) is 0 Å². The first-order chi connectivity index (χ1) is 23.8. The molecule has 3 heterocycles. The quantitative estimate of drug-likeness (QED) is 0.198. The van der Waals surface area contributed by atoms with Crippen LogP contribution in [0.2, 0.25) is 0 Å². The highest BCUT2D eigenvalue weighted by atomic mass is 16.3. The van der Waals surface area contributed by atoms with E-state index in [0.29, 0.717) is 5.82 Å². The van der Waals surface area contributed by atoms with E-state index < -0.39 is 0 Å². The van der Waals surface area contributed by atoms with Crippen LogP contribution in [0, 0.1) is 0 Å². The predicted octanol–water partition coefficient (Wildman–Crippen LogP) is 11.6. The molecule has 0 saturated carbocycles. The minimum absolute atomic E-state index is 0.708. The van der Waals surface area contributed by atoms with Crippen molar-refractivity contribution in [1.82, 2.24) is 14.5 Å². The van der Waals surface area contributed by atoms with Crippen LogP contribution in [0.1, 0.15) is 0 Å². The standard InChI is InChI=1S/C44H27N3O/c1-3-11-28(12-4-1)37-27-38(46-44(45-37)31-13-5-2-6-14-31)29-19-23-32(24-20-29)47-39-17-9-7-15-33(39)35-25-21-30-22-26-36-34-16-8-10-18-40(34)48-43(36)41(30)42(35)47/h1-27H. The Morgan fingerprint density at radius 1 is 0.458 bits per heavy atom. The van der Waals surface area contributed by atoms with E-state index in [4.69, 9.17) is 14.4 Å². The van der Waals surface area contributed by atoms with Gasteiger partial charge < -0.3 is 8.98 Å². The summed E-state index contributed by atoms with van der Waals surface area (Å²) in [6.07, 6.45) is 0. The largest absolute Gasteiger partial charge is 0.455 e. The molecule has 0 aliphatic rings. The minimum atomic E-state index is 0.708. The monoisotopic (exact) mass is 613 g/mol. The fourth-order valence-corrected chi connectivity index (χ4v) is 7.16. The molecule has 10 aromatic rings. The molecule has 0 bridgehead atoms. The summed E-state index contributed by atoms with van der Waals surface area (Å²) in [5.74, 6) is 0.708. The Kier molecular flexibility index (Phi) is 5.84. The van der Waals surface area contributed by atoms with Crippen LogP contribution in [0.25, 0.3) is 94.1 Å². The van der Waals surface area contributed by atoms with Gasteiger partial charge in [0.25, 0.3) is 0 Å². The summed E-state index contributed by atoms with van der Waals surface area (Å²) in [5.41, 5.74) is 10.0. The average Bonchev–Trinajstić information content (AvgIpc) is 3.71. The van der Waals surface area contributed by atoms with Crippen LogP contribution in [0.5, 0.6) is 0 Å². The molecule has 0 atom stereocenters. The smallest absolute Gasteiger partial charge is 0.160 e. The number of benzene rings is 7. The predicted molar refractivity (Wildman–Crippen MR) is 197 cm³/mol. The molecular weight excluding hydrogens is 587 g/mol. The van der Waals surface area contributed by atoms with E-state index in [9.17, 15) is 0 Å². The molecule has 48 heavy (non-hydrogen) atoms. The molecule has 7 aromatic carbocycles. The van der Waals surface area contributed by atoms with E-state index in [2.05, 4.69) is 126 Å². The zero-order valence-electron chi connectivity index (χ0n) is 25.8. The van der Waals surface area contributed by atoms with E-state index in [0.717, 1.165) is 77.5 Å². The van der Waals surface area contributed by atoms with Gasteiger partial charge in [-0.05, 0) is 41.8 Å². The lowest BCUT2D eigenvalue weighted by Crippen LogP contribution is -1.97. The lowest BCUT2D eigenvalue weighted by Gasteiger charge is -2.12. The summed E-state index contributed by atoms with van der Waals surface area (Å²) >= 11 is 0. The number of rotatable bonds is 4. The first kappa shape index (κ1) is 26.7. The van der Waals surface area contributed by atoms with Gasteiger partial charge in [0.15, 0.2) is 5.82 Å². The molecule has 0 aliphatic carbocycles. The summed E-state index contributed by atoms with van der Waals surface area (Å²) in [7, 11) is 0. The summed E-state index contributed by atoms with van der Waals surface area (Å²) in [4.78, 5) is 10.0. The highest BCUT2D eigenvalue weighted by Crippen LogP contribution is 2.42. The molecule has 0 fully saturated rings. The van der Waals surface area contributed by atoms with Crippen molar-refractivity contribution in [2.75, 3.05) is 0 Å². The van der Waals surface area contributed by atoms with Gasteiger partial charge in [-0.25, -0.2) is 9.97 Å². The van der Waals surface area contributed by atoms with Gasteiger partial charge in [0.1, 0.15) is 11.2 Å². The van der Waals surface area contributed by atoms with E-state index in [1.807, 2.05) is 42.5 Å². The van der Waals surface area contributed by atoms with Crippen molar-refractivity contribution in [3.63, 3.8) is 0 Å². The second-order valence-corrected chi connectivity index (χ2v) is 12.2. The fraction of sp³-hybridized carbons (Fsp3) is 0. The zero-order chi connectivity index (χ0) is 31.6. The number of para-hydroxylation sites is 2. The Labute approximate surface area is 276 Å². The van der Waals surface area contributed by atoms with Crippen LogP contribution >= 0.6 is 0 Å². The van der Waals surface area contributed by atoms with E-state index in [1.54, 1.807) is 0 Å². The molecule has 4 nitrogen and oxygen atoms in total. The van der Waals surface area contributed by atoms with Gasteiger partial charge in [0.05, 0.1) is 22.4 Å². The highest BCUT2D eigenvalue weighted by molar-refractivity contribution is 6.26. The second-order valence-electron chi connectivity index (χ2n) is 12.2. The Bertz CT molecular complexity index is 2750. The normalized spacial score (nSPS) is 11.8. The van der Waals surface area contributed by atoms with E-state index >= 15 is 0 Å². The highest BCUT2D eigenvalue weighted by Gasteiger charge is 2.19. The third-order valence-electron chi connectivity index (χ3n) is 9.41. The lowest BCUT2D eigenvalue weighted by atomic mass is 10.0. The van der Waals surface area contributed by atoms with Crippen LogP contribution in [0.15, 0.2) is 168 Å². The molecule has 3 aromatic heterocycles. The van der Waals surface area contributed by atoms with Gasteiger partial charge in [-0.2, -0.15) is 0 Å². The summed E-state index contributed by atoms with van der Waals surface area (Å²) in [5, 5.41) is 6.95. The van der Waals surface area contributed by atoms with Crippen molar-refractivity contribution in [1.29, 1.82) is 0 Å². The molecular formula is C44H27N3O. The Morgan fingerprint density at radius 2 is 1.06 bits per heavy atom. The van der Waals surface area contributed by atoms with Gasteiger partial charge in [-0.3, -0.25) is 0 Å².